The molecule has 0 amide bonds. The zero-order chi connectivity index (χ0) is 26.0. The molecule has 2 aliphatic rings. The molecule has 1 aliphatic carbocycles. The van der Waals surface area contributed by atoms with Crippen molar-refractivity contribution in [3.05, 3.63) is 109 Å². The number of aromatic nitrogens is 4. The van der Waals surface area contributed by atoms with Crippen LogP contribution in [0.3, 0.4) is 0 Å². The molecule has 220 valence electrons. The third-order valence-corrected chi connectivity index (χ3v) is 8.18. The number of hydrogen-bond acceptors (Lipinski definition) is 5. The van der Waals surface area contributed by atoms with Crippen molar-refractivity contribution >= 4 is 72.0 Å². The number of halogens is 4. The van der Waals surface area contributed by atoms with Crippen molar-refractivity contribution in [1.29, 1.82) is 0 Å². The second kappa shape index (κ2) is 12.5. The molecule has 43 heavy (non-hydrogen) atoms. The summed E-state index contributed by atoms with van der Waals surface area (Å²) in [5, 5.41) is 4.65. The highest BCUT2D eigenvalue weighted by atomic mass is 35.5. The van der Waals surface area contributed by atoms with Crippen molar-refractivity contribution in [3.63, 3.8) is 0 Å². The Kier molecular flexibility index (Phi) is 9.40. The number of nitrogens with one attached hydrogen (secondary N) is 1. The Bertz CT molecular complexity index is 1900. The number of nitrogens with two attached hydrogens (primary N) is 1. The molecule has 1 saturated carbocycles. The molecule has 10 heteroatoms. The van der Waals surface area contributed by atoms with Crippen LogP contribution in [0.2, 0.25) is 0 Å². The summed E-state index contributed by atoms with van der Waals surface area (Å²) < 4.78 is 2.25. The number of anilines is 2. The van der Waals surface area contributed by atoms with Crippen molar-refractivity contribution < 1.29 is 0 Å². The van der Waals surface area contributed by atoms with Gasteiger partial charge in [-0.05, 0) is 61.2 Å². The number of imidazole rings is 1. The Hall–Kier alpha value is -3.65. The molecule has 8 rings (SSSR count). The van der Waals surface area contributed by atoms with Crippen LogP contribution in [-0.2, 0) is 5.54 Å². The molecule has 6 aromatic rings. The van der Waals surface area contributed by atoms with E-state index < -0.39 is 0 Å². The summed E-state index contributed by atoms with van der Waals surface area (Å²) in [5.41, 5.74) is 15.6. The van der Waals surface area contributed by atoms with Crippen LogP contribution in [0, 0.1) is 0 Å². The van der Waals surface area contributed by atoms with Crippen molar-refractivity contribution in [3.8, 4) is 39.6 Å². The van der Waals surface area contributed by atoms with Crippen LogP contribution >= 0.6 is 49.6 Å². The molecule has 0 atom stereocenters. The third kappa shape index (κ3) is 5.24. The van der Waals surface area contributed by atoms with Gasteiger partial charge in [0.2, 0.25) is 0 Å². The molecule has 6 nitrogen and oxygen atoms in total. The average Bonchev–Trinajstić information content (AvgIpc) is 3.30. The Morgan fingerprint density at radius 3 is 2.23 bits per heavy atom. The molecule has 3 aromatic carbocycles. The van der Waals surface area contributed by atoms with E-state index in [1.807, 2.05) is 30.6 Å². The van der Waals surface area contributed by atoms with E-state index in [2.05, 4.69) is 87.7 Å². The van der Waals surface area contributed by atoms with Crippen molar-refractivity contribution in [1.82, 2.24) is 19.5 Å². The second-order valence-electron chi connectivity index (χ2n) is 10.5. The first-order valence-corrected chi connectivity index (χ1v) is 13.4. The van der Waals surface area contributed by atoms with E-state index in [1.54, 1.807) is 0 Å². The lowest BCUT2D eigenvalue weighted by atomic mass is 9.72. The smallest absolute Gasteiger partial charge is 0.154 e. The van der Waals surface area contributed by atoms with Gasteiger partial charge in [0.05, 0.1) is 28.3 Å². The van der Waals surface area contributed by atoms with E-state index in [9.17, 15) is 0 Å². The number of nitrogens with zero attached hydrogens (tertiary/aromatic N) is 4. The summed E-state index contributed by atoms with van der Waals surface area (Å²) in [6.07, 6.45) is 6.91. The minimum atomic E-state index is -0.209. The number of fused-ring (bicyclic) bond motifs is 6. The molecular formula is C33H30Cl4N6. The first-order valence-electron chi connectivity index (χ1n) is 13.4. The maximum atomic E-state index is 6.67. The molecule has 0 saturated heterocycles. The fraction of sp³-hybridized carbons (Fsp3) is 0.121. The van der Waals surface area contributed by atoms with E-state index in [4.69, 9.17) is 15.7 Å². The fourth-order valence-electron chi connectivity index (χ4n) is 5.91. The van der Waals surface area contributed by atoms with Gasteiger partial charge in [-0.25, -0.2) is 9.97 Å². The van der Waals surface area contributed by atoms with Gasteiger partial charge in [-0.2, -0.15) is 0 Å². The minimum Gasteiger partial charge on any atom is -0.338 e. The molecule has 0 radical (unpaired) electrons. The van der Waals surface area contributed by atoms with Crippen LogP contribution in [0.25, 0.3) is 50.5 Å². The van der Waals surface area contributed by atoms with Gasteiger partial charge < -0.3 is 11.1 Å². The van der Waals surface area contributed by atoms with Gasteiger partial charge in [-0.3, -0.25) is 9.55 Å². The van der Waals surface area contributed by atoms with Crippen LogP contribution in [0.1, 0.15) is 24.8 Å². The first-order chi connectivity index (χ1) is 19.2. The predicted octanol–water partition coefficient (Wildman–Crippen LogP) is 8.90. The second-order valence-corrected chi connectivity index (χ2v) is 10.5. The zero-order valence-electron chi connectivity index (χ0n) is 22.9. The lowest BCUT2D eigenvalue weighted by Gasteiger charge is -2.38. The van der Waals surface area contributed by atoms with E-state index in [0.29, 0.717) is 0 Å². The van der Waals surface area contributed by atoms with Crippen LogP contribution < -0.4 is 11.1 Å². The highest BCUT2D eigenvalue weighted by Gasteiger charge is 2.34. The number of benzene rings is 3. The number of para-hydroxylation sites is 1. The molecule has 0 bridgehead atoms. The van der Waals surface area contributed by atoms with Gasteiger partial charge >= 0.3 is 0 Å². The van der Waals surface area contributed by atoms with Gasteiger partial charge in [-0.1, -0.05) is 54.6 Å². The quantitative estimate of drug-likeness (QED) is 0.199. The molecule has 3 aromatic heterocycles. The molecular weight excluding hydrogens is 622 g/mol. The van der Waals surface area contributed by atoms with Gasteiger partial charge in [0.15, 0.2) is 5.82 Å². The maximum Gasteiger partial charge on any atom is 0.154 e. The SMILES string of the molecule is Cl.Cl.Cl.Cl.NC1(c2ccc(-c3c(-c4ccc5cccnc5c4)nc4n3-c3cccnc3Nc3ccccc3-4)cc2)CCC1. The van der Waals surface area contributed by atoms with E-state index in [-0.39, 0.29) is 55.2 Å². The number of pyridine rings is 2. The molecule has 0 spiro atoms. The van der Waals surface area contributed by atoms with Gasteiger partial charge in [-0.15, -0.1) is 49.6 Å². The molecule has 3 N–H and O–H groups in total. The predicted molar refractivity (Wildman–Crippen MR) is 185 cm³/mol. The Morgan fingerprint density at radius 1 is 0.744 bits per heavy atom. The Labute approximate surface area is 274 Å². The van der Waals surface area contributed by atoms with E-state index >= 15 is 0 Å². The molecule has 1 aliphatic heterocycles. The molecule has 1 fully saturated rings. The Morgan fingerprint density at radius 2 is 1.47 bits per heavy atom. The minimum absolute atomic E-state index is 0. The topological polar surface area (TPSA) is 81.7 Å². The molecule has 0 unspecified atom stereocenters. The molecule has 4 heterocycles. The fourth-order valence-corrected chi connectivity index (χ4v) is 5.91. The van der Waals surface area contributed by atoms with E-state index in [0.717, 1.165) is 74.8 Å². The Balaban J connectivity index is 0.00000106. The number of hydrogen-bond donors (Lipinski definition) is 2. The third-order valence-electron chi connectivity index (χ3n) is 8.18. The van der Waals surface area contributed by atoms with Crippen LogP contribution in [0.4, 0.5) is 11.5 Å². The van der Waals surface area contributed by atoms with Gasteiger partial charge in [0.1, 0.15) is 5.82 Å². The zero-order valence-corrected chi connectivity index (χ0v) is 26.2. The lowest BCUT2D eigenvalue weighted by Crippen LogP contribution is -2.43. The van der Waals surface area contributed by atoms with Crippen molar-refractivity contribution in [2.75, 3.05) is 5.32 Å². The van der Waals surface area contributed by atoms with Gasteiger partial charge in [0.25, 0.3) is 0 Å². The highest BCUT2D eigenvalue weighted by Crippen LogP contribution is 2.45. The van der Waals surface area contributed by atoms with Crippen molar-refractivity contribution in [2.24, 2.45) is 5.73 Å². The lowest BCUT2D eigenvalue weighted by molar-refractivity contribution is 0.253. The normalized spacial score (nSPS) is 13.5. The average molecular weight is 652 g/mol. The summed E-state index contributed by atoms with van der Waals surface area (Å²) in [7, 11) is 0. The van der Waals surface area contributed by atoms with Crippen LogP contribution in [-0.4, -0.2) is 19.5 Å². The summed E-state index contributed by atoms with van der Waals surface area (Å²) in [6.45, 7) is 0. The largest absolute Gasteiger partial charge is 0.338 e. The van der Waals surface area contributed by atoms with E-state index in [1.165, 1.54) is 12.0 Å². The first kappa shape index (κ1) is 32.3. The standard InChI is InChI=1S/C33H26N6.4ClH/c34-33(16-5-17-33)24-14-12-22(13-15-24)30-29(23-11-10-21-6-3-18-35-27(21)20-23)38-32-25-7-1-2-8-26(25)37-31-28(39(30)32)9-4-19-36-31;;;;/h1-4,6-15,18-20H,5,16-17,34H2,(H,36,37);4*1H. The number of rotatable bonds is 3. The summed E-state index contributed by atoms with van der Waals surface area (Å²) in [4.78, 5) is 14.7. The van der Waals surface area contributed by atoms with Crippen LogP contribution in [0.15, 0.2) is 103 Å². The highest BCUT2D eigenvalue weighted by molar-refractivity contribution is 5.93. The summed E-state index contributed by atoms with van der Waals surface area (Å²) in [6, 6.07) is 31.5. The summed E-state index contributed by atoms with van der Waals surface area (Å²) >= 11 is 0. The van der Waals surface area contributed by atoms with Crippen molar-refractivity contribution in [2.45, 2.75) is 24.8 Å². The van der Waals surface area contributed by atoms with Crippen LogP contribution in [0.5, 0.6) is 0 Å². The summed E-state index contributed by atoms with van der Waals surface area (Å²) in [5.74, 6) is 1.66. The maximum absolute atomic E-state index is 6.67. The van der Waals surface area contributed by atoms with Gasteiger partial charge in [0, 0.05) is 40.0 Å². The monoisotopic (exact) mass is 650 g/mol.